The van der Waals surface area contributed by atoms with Gasteiger partial charge in [-0.3, -0.25) is 5.32 Å². The first-order valence-electron chi connectivity index (χ1n) is 8.37. The predicted molar refractivity (Wildman–Crippen MR) is 95.1 cm³/mol. The van der Waals surface area contributed by atoms with Crippen LogP contribution in [-0.4, -0.2) is 42.8 Å². The van der Waals surface area contributed by atoms with Gasteiger partial charge in [-0.05, 0) is 72.3 Å². The van der Waals surface area contributed by atoms with Gasteiger partial charge >= 0.3 is 6.09 Å². The Bertz CT molecular complexity index is 525. The standard InChI is InChI=1S/C18H29N3O2/c1-18(2,3)23-17(22)20-16-10-6-5-9-15(16)19-14-8-7-12-21(4)13-11-14/h5-6,9-10,14,19H,7-8,11-13H2,1-4H3,(H,20,22). The molecule has 1 aromatic carbocycles. The van der Waals surface area contributed by atoms with Gasteiger partial charge in [0.15, 0.2) is 0 Å². The van der Waals surface area contributed by atoms with Crippen LogP contribution in [0.5, 0.6) is 0 Å². The number of rotatable bonds is 3. The van der Waals surface area contributed by atoms with Crippen molar-refractivity contribution in [2.24, 2.45) is 0 Å². The zero-order valence-corrected chi connectivity index (χ0v) is 14.7. The SMILES string of the molecule is CN1CCCC(Nc2ccccc2NC(=O)OC(C)(C)C)CC1. The molecule has 1 aliphatic heterocycles. The van der Waals surface area contributed by atoms with Gasteiger partial charge < -0.3 is 15.0 Å². The predicted octanol–water partition coefficient (Wildman–Crippen LogP) is 3.93. The van der Waals surface area contributed by atoms with Crippen LogP contribution in [0.2, 0.25) is 0 Å². The van der Waals surface area contributed by atoms with Crippen LogP contribution in [0.15, 0.2) is 24.3 Å². The van der Waals surface area contributed by atoms with Crippen molar-refractivity contribution in [3.05, 3.63) is 24.3 Å². The number of nitrogens with zero attached hydrogens (tertiary/aromatic N) is 1. The molecule has 0 aliphatic carbocycles. The van der Waals surface area contributed by atoms with Gasteiger partial charge in [-0.25, -0.2) is 4.79 Å². The Morgan fingerprint density at radius 3 is 2.57 bits per heavy atom. The molecular weight excluding hydrogens is 290 g/mol. The molecule has 0 radical (unpaired) electrons. The average molecular weight is 319 g/mol. The van der Waals surface area contributed by atoms with Crippen molar-refractivity contribution in [1.82, 2.24) is 4.90 Å². The summed E-state index contributed by atoms with van der Waals surface area (Å²) in [7, 11) is 2.17. The second-order valence-corrected chi connectivity index (χ2v) is 7.25. The summed E-state index contributed by atoms with van der Waals surface area (Å²) in [6, 6.07) is 8.22. The summed E-state index contributed by atoms with van der Waals surface area (Å²) in [6.07, 6.45) is 3.02. The minimum Gasteiger partial charge on any atom is -0.444 e. The summed E-state index contributed by atoms with van der Waals surface area (Å²) in [4.78, 5) is 14.4. The fourth-order valence-corrected chi connectivity index (χ4v) is 2.74. The first-order valence-corrected chi connectivity index (χ1v) is 8.37. The van der Waals surface area contributed by atoms with Crippen molar-refractivity contribution in [2.75, 3.05) is 30.8 Å². The molecule has 2 N–H and O–H groups in total. The summed E-state index contributed by atoms with van der Waals surface area (Å²) in [5.74, 6) is 0. The zero-order valence-electron chi connectivity index (χ0n) is 14.7. The number of benzene rings is 1. The van der Waals surface area contributed by atoms with Gasteiger partial charge in [0.05, 0.1) is 11.4 Å². The van der Waals surface area contributed by atoms with Crippen LogP contribution in [0.25, 0.3) is 0 Å². The number of carbonyl (C=O) groups is 1. The lowest BCUT2D eigenvalue weighted by Crippen LogP contribution is -2.28. The molecule has 2 rings (SSSR count). The van der Waals surface area contributed by atoms with E-state index in [2.05, 4.69) is 22.6 Å². The molecule has 5 nitrogen and oxygen atoms in total. The van der Waals surface area contributed by atoms with E-state index in [0.717, 1.165) is 37.3 Å². The second kappa shape index (κ2) is 7.68. The quantitative estimate of drug-likeness (QED) is 0.886. The van der Waals surface area contributed by atoms with E-state index < -0.39 is 11.7 Å². The van der Waals surface area contributed by atoms with Crippen molar-refractivity contribution in [1.29, 1.82) is 0 Å². The fourth-order valence-electron chi connectivity index (χ4n) is 2.74. The number of anilines is 2. The van der Waals surface area contributed by atoms with E-state index >= 15 is 0 Å². The summed E-state index contributed by atoms with van der Waals surface area (Å²) < 4.78 is 5.34. The largest absolute Gasteiger partial charge is 0.444 e. The second-order valence-electron chi connectivity index (χ2n) is 7.25. The maximum atomic E-state index is 12.0. The summed E-state index contributed by atoms with van der Waals surface area (Å²) in [6.45, 7) is 7.83. The number of amides is 1. The van der Waals surface area contributed by atoms with Crippen LogP contribution >= 0.6 is 0 Å². The van der Waals surface area contributed by atoms with E-state index in [1.807, 2.05) is 45.0 Å². The van der Waals surface area contributed by atoms with E-state index in [4.69, 9.17) is 4.74 Å². The summed E-state index contributed by atoms with van der Waals surface area (Å²) >= 11 is 0. The third-order valence-corrected chi connectivity index (χ3v) is 3.87. The topological polar surface area (TPSA) is 53.6 Å². The Hall–Kier alpha value is -1.75. The Kier molecular flexibility index (Phi) is 5.88. The van der Waals surface area contributed by atoms with E-state index in [1.165, 1.54) is 6.42 Å². The van der Waals surface area contributed by atoms with Gasteiger partial charge in [0.1, 0.15) is 5.60 Å². The molecule has 128 valence electrons. The normalized spacial score (nSPS) is 19.7. The Morgan fingerprint density at radius 2 is 1.87 bits per heavy atom. The molecule has 0 aromatic heterocycles. The van der Waals surface area contributed by atoms with Crippen molar-refractivity contribution < 1.29 is 9.53 Å². The fraction of sp³-hybridized carbons (Fsp3) is 0.611. The maximum Gasteiger partial charge on any atom is 0.412 e. The Labute approximate surface area is 139 Å². The number of likely N-dealkylation sites (tertiary alicyclic amines) is 1. The van der Waals surface area contributed by atoms with E-state index in [1.54, 1.807) is 0 Å². The summed E-state index contributed by atoms with van der Waals surface area (Å²) in [5, 5.41) is 6.43. The number of ether oxygens (including phenoxy) is 1. The van der Waals surface area contributed by atoms with Crippen molar-refractivity contribution in [2.45, 2.75) is 51.7 Å². The van der Waals surface area contributed by atoms with E-state index in [0.29, 0.717) is 6.04 Å². The lowest BCUT2D eigenvalue weighted by Gasteiger charge is -2.22. The Balaban J connectivity index is 2.01. The number of hydrogen-bond donors (Lipinski definition) is 2. The van der Waals surface area contributed by atoms with Crippen molar-refractivity contribution >= 4 is 17.5 Å². The molecule has 1 atom stereocenters. The lowest BCUT2D eigenvalue weighted by atomic mass is 10.1. The van der Waals surface area contributed by atoms with Gasteiger partial charge in [0.25, 0.3) is 0 Å². The first kappa shape index (κ1) is 17.6. The molecule has 0 saturated carbocycles. The van der Waals surface area contributed by atoms with Gasteiger partial charge in [-0.2, -0.15) is 0 Å². The molecule has 0 spiro atoms. The van der Waals surface area contributed by atoms with Crippen LogP contribution in [0.4, 0.5) is 16.2 Å². The van der Waals surface area contributed by atoms with E-state index in [9.17, 15) is 4.79 Å². The highest BCUT2D eigenvalue weighted by Gasteiger charge is 2.19. The molecule has 1 saturated heterocycles. The first-order chi connectivity index (χ1) is 10.8. The minimum absolute atomic E-state index is 0.424. The van der Waals surface area contributed by atoms with Crippen LogP contribution in [0.3, 0.4) is 0 Å². The summed E-state index contributed by atoms with van der Waals surface area (Å²) in [5.41, 5.74) is 1.21. The highest BCUT2D eigenvalue weighted by molar-refractivity contribution is 5.89. The highest BCUT2D eigenvalue weighted by atomic mass is 16.6. The molecule has 5 heteroatoms. The van der Waals surface area contributed by atoms with Crippen molar-refractivity contribution in [3.63, 3.8) is 0 Å². The Morgan fingerprint density at radius 1 is 1.17 bits per heavy atom. The van der Waals surface area contributed by atoms with Crippen LogP contribution in [0.1, 0.15) is 40.0 Å². The van der Waals surface area contributed by atoms with Gasteiger partial charge in [-0.1, -0.05) is 12.1 Å². The molecular formula is C18H29N3O2. The monoisotopic (exact) mass is 319 g/mol. The molecule has 1 aliphatic rings. The zero-order chi connectivity index (χ0) is 16.9. The minimum atomic E-state index is -0.502. The third-order valence-electron chi connectivity index (χ3n) is 3.87. The number of para-hydroxylation sites is 2. The molecule has 23 heavy (non-hydrogen) atoms. The highest BCUT2D eigenvalue weighted by Crippen LogP contribution is 2.25. The molecule has 0 bridgehead atoms. The van der Waals surface area contributed by atoms with Crippen LogP contribution < -0.4 is 10.6 Å². The smallest absolute Gasteiger partial charge is 0.412 e. The van der Waals surface area contributed by atoms with Gasteiger partial charge in [-0.15, -0.1) is 0 Å². The number of nitrogens with one attached hydrogen (secondary N) is 2. The maximum absolute atomic E-state index is 12.0. The van der Waals surface area contributed by atoms with Crippen molar-refractivity contribution in [3.8, 4) is 0 Å². The van der Waals surface area contributed by atoms with E-state index in [-0.39, 0.29) is 0 Å². The number of hydrogen-bond acceptors (Lipinski definition) is 4. The third kappa shape index (κ3) is 6.10. The molecule has 1 fully saturated rings. The average Bonchev–Trinajstić information content (AvgIpc) is 2.64. The molecule has 1 amide bonds. The molecule has 1 unspecified atom stereocenters. The van der Waals surface area contributed by atoms with Gasteiger partial charge in [0.2, 0.25) is 0 Å². The molecule has 1 heterocycles. The number of carbonyl (C=O) groups excluding carboxylic acids is 1. The van der Waals surface area contributed by atoms with Crippen LogP contribution in [0, 0.1) is 0 Å². The lowest BCUT2D eigenvalue weighted by molar-refractivity contribution is 0.0636. The van der Waals surface area contributed by atoms with Gasteiger partial charge in [0, 0.05) is 6.04 Å². The van der Waals surface area contributed by atoms with Crippen LogP contribution in [-0.2, 0) is 4.74 Å². The molecule has 1 aromatic rings.